The highest BCUT2D eigenvalue weighted by Gasteiger charge is 1.86. The number of hydrogen-bond donors (Lipinski definition) is 1. The first-order valence-corrected chi connectivity index (χ1v) is 2.78. The Hall–Kier alpha value is -1.60. The monoisotopic (exact) mass is 133 g/mol. The molecular formula is C7H7N3. The number of nitrogen functional groups attached to an aromatic ring is 1. The summed E-state index contributed by atoms with van der Waals surface area (Å²) in [5, 5.41) is 7.36. The highest BCUT2D eigenvalue weighted by atomic mass is 15.1. The predicted octanol–water partition coefficient (Wildman–Crippen LogP) is 0.857. The van der Waals surface area contributed by atoms with Gasteiger partial charge in [-0.1, -0.05) is 6.58 Å². The number of nitrogens with two attached hydrogens (primary N) is 1. The molecule has 50 valence electrons. The lowest BCUT2D eigenvalue weighted by Gasteiger charge is -1.89. The molecule has 0 spiro atoms. The van der Waals surface area contributed by atoms with Crippen LogP contribution in [0.3, 0.4) is 0 Å². The molecule has 0 aromatic carbocycles. The summed E-state index contributed by atoms with van der Waals surface area (Å²) in [6.07, 6.45) is 1.63. The van der Waals surface area contributed by atoms with Gasteiger partial charge in [0.05, 0.1) is 5.69 Å². The van der Waals surface area contributed by atoms with E-state index in [-0.39, 0.29) is 0 Å². The van der Waals surface area contributed by atoms with Crippen molar-refractivity contribution in [3.05, 3.63) is 30.1 Å². The lowest BCUT2D eigenvalue weighted by atomic mass is 10.4. The van der Waals surface area contributed by atoms with Gasteiger partial charge in [0.2, 0.25) is 0 Å². The smallest absolute Gasteiger partial charge is 0.146 e. The Kier molecular flexibility index (Phi) is 1.83. The molecular weight excluding hydrogens is 126 g/mol. The van der Waals surface area contributed by atoms with E-state index in [0.29, 0.717) is 11.5 Å². The summed E-state index contributed by atoms with van der Waals surface area (Å²) in [7, 11) is 0. The van der Waals surface area contributed by atoms with Gasteiger partial charge in [0.1, 0.15) is 5.82 Å². The Morgan fingerprint density at radius 1 is 1.50 bits per heavy atom. The number of anilines is 1. The van der Waals surface area contributed by atoms with Crippen LogP contribution in [0.5, 0.6) is 0 Å². The predicted molar refractivity (Wildman–Crippen MR) is 40.0 cm³/mol. The minimum absolute atomic E-state index is 0.418. The molecule has 0 aliphatic carbocycles. The van der Waals surface area contributed by atoms with Crippen molar-refractivity contribution < 1.29 is 0 Å². The van der Waals surface area contributed by atoms with Crippen molar-refractivity contribution in [1.29, 1.82) is 0 Å². The third kappa shape index (κ3) is 1.44. The van der Waals surface area contributed by atoms with Crippen LogP contribution in [-0.4, -0.2) is 10.2 Å². The summed E-state index contributed by atoms with van der Waals surface area (Å²) >= 11 is 0. The molecule has 3 heteroatoms. The molecule has 0 atom stereocenters. The Morgan fingerprint density at radius 2 is 2.30 bits per heavy atom. The molecule has 0 fully saturated rings. The molecule has 3 nitrogen and oxygen atoms in total. The second-order valence-corrected chi connectivity index (χ2v) is 1.73. The number of hydrogen-bond acceptors (Lipinski definition) is 3. The van der Waals surface area contributed by atoms with E-state index in [1.807, 2.05) is 0 Å². The van der Waals surface area contributed by atoms with Gasteiger partial charge in [0.15, 0.2) is 0 Å². The average molecular weight is 133 g/mol. The van der Waals surface area contributed by atoms with E-state index in [1.165, 1.54) is 0 Å². The van der Waals surface area contributed by atoms with E-state index in [1.54, 1.807) is 18.2 Å². The number of rotatable bonds is 1. The van der Waals surface area contributed by atoms with Crippen LogP contribution in [0.1, 0.15) is 5.69 Å². The van der Waals surface area contributed by atoms with Crippen LogP contribution in [0.25, 0.3) is 6.08 Å². The SMILES string of the molecule is C=C=Cc1ccc(N)nn1. The molecule has 0 radical (unpaired) electrons. The summed E-state index contributed by atoms with van der Waals surface area (Å²) in [6.45, 7) is 3.40. The van der Waals surface area contributed by atoms with Gasteiger partial charge in [-0.25, -0.2) is 0 Å². The summed E-state index contributed by atoms with van der Waals surface area (Å²) < 4.78 is 0. The van der Waals surface area contributed by atoms with Crippen LogP contribution in [0, 0.1) is 0 Å². The van der Waals surface area contributed by atoms with Gasteiger partial charge in [-0.05, 0) is 12.1 Å². The normalized spacial score (nSPS) is 8.40. The molecule has 0 saturated heterocycles. The van der Waals surface area contributed by atoms with E-state index in [9.17, 15) is 0 Å². The summed E-state index contributed by atoms with van der Waals surface area (Å²) in [5.41, 5.74) is 8.60. The van der Waals surface area contributed by atoms with E-state index < -0.39 is 0 Å². The van der Waals surface area contributed by atoms with Gasteiger partial charge >= 0.3 is 0 Å². The molecule has 2 N–H and O–H groups in total. The van der Waals surface area contributed by atoms with E-state index >= 15 is 0 Å². The van der Waals surface area contributed by atoms with Crippen molar-refractivity contribution in [1.82, 2.24) is 10.2 Å². The fourth-order valence-electron chi connectivity index (χ4n) is 0.534. The van der Waals surface area contributed by atoms with Gasteiger partial charge in [-0.3, -0.25) is 0 Å². The fourth-order valence-corrected chi connectivity index (χ4v) is 0.534. The second-order valence-electron chi connectivity index (χ2n) is 1.73. The lowest BCUT2D eigenvalue weighted by Crippen LogP contribution is -1.92. The number of aromatic nitrogens is 2. The van der Waals surface area contributed by atoms with Crippen LogP contribution in [0.15, 0.2) is 24.4 Å². The molecule has 0 unspecified atom stereocenters. The number of nitrogens with zero attached hydrogens (tertiary/aromatic N) is 2. The minimum atomic E-state index is 0.418. The third-order valence-corrected chi connectivity index (χ3v) is 0.956. The van der Waals surface area contributed by atoms with E-state index in [0.717, 1.165) is 0 Å². The van der Waals surface area contributed by atoms with Gasteiger partial charge in [-0.2, -0.15) is 0 Å². The van der Waals surface area contributed by atoms with Gasteiger partial charge in [0.25, 0.3) is 0 Å². The van der Waals surface area contributed by atoms with Gasteiger partial charge in [-0.15, -0.1) is 15.9 Å². The Balaban J connectivity index is 3.00. The van der Waals surface area contributed by atoms with Crippen LogP contribution < -0.4 is 5.73 Å². The van der Waals surface area contributed by atoms with Crippen molar-refractivity contribution in [2.75, 3.05) is 5.73 Å². The van der Waals surface area contributed by atoms with Crippen molar-refractivity contribution in [3.63, 3.8) is 0 Å². The molecule has 0 aliphatic heterocycles. The molecule has 1 heterocycles. The fraction of sp³-hybridized carbons (Fsp3) is 0. The van der Waals surface area contributed by atoms with Crippen LogP contribution in [-0.2, 0) is 0 Å². The Labute approximate surface area is 58.9 Å². The highest BCUT2D eigenvalue weighted by Crippen LogP contribution is 1.97. The van der Waals surface area contributed by atoms with Gasteiger partial charge < -0.3 is 5.73 Å². The van der Waals surface area contributed by atoms with Crippen molar-refractivity contribution >= 4 is 11.9 Å². The maximum absolute atomic E-state index is 5.30. The largest absolute Gasteiger partial charge is 0.382 e. The first-order chi connectivity index (χ1) is 4.83. The molecule has 0 bridgehead atoms. The Morgan fingerprint density at radius 3 is 2.80 bits per heavy atom. The summed E-state index contributed by atoms with van der Waals surface area (Å²) in [4.78, 5) is 0. The molecule has 0 saturated carbocycles. The topological polar surface area (TPSA) is 51.8 Å². The lowest BCUT2D eigenvalue weighted by molar-refractivity contribution is 1.03. The van der Waals surface area contributed by atoms with Crippen LogP contribution in [0.2, 0.25) is 0 Å². The zero-order valence-corrected chi connectivity index (χ0v) is 5.41. The molecule has 1 aromatic rings. The minimum Gasteiger partial charge on any atom is -0.382 e. The highest BCUT2D eigenvalue weighted by molar-refractivity contribution is 5.44. The summed E-state index contributed by atoms with van der Waals surface area (Å²) in [5.74, 6) is 0.418. The average Bonchev–Trinajstić information content (AvgIpc) is 1.95. The van der Waals surface area contributed by atoms with Crippen molar-refractivity contribution in [2.24, 2.45) is 0 Å². The maximum Gasteiger partial charge on any atom is 0.146 e. The zero-order chi connectivity index (χ0) is 7.40. The first kappa shape index (κ1) is 6.52. The Bertz CT molecular complexity index is 257. The molecule has 10 heavy (non-hydrogen) atoms. The van der Waals surface area contributed by atoms with E-state index in [2.05, 4.69) is 22.5 Å². The molecule has 1 aromatic heterocycles. The van der Waals surface area contributed by atoms with E-state index in [4.69, 9.17) is 5.73 Å². The van der Waals surface area contributed by atoms with Crippen molar-refractivity contribution in [2.45, 2.75) is 0 Å². The van der Waals surface area contributed by atoms with Crippen LogP contribution in [0.4, 0.5) is 5.82 Å². The summed E-state index contributed by atoms with van der Waals surface area (Å²) in [6, 6.07) is 3.43. The second kappa shape index (κ2) is 2.80. The van der Waals surface area contributed by atoms with Gasteiger partial charge in [0, 0.05) is 6.08 Å². The molecule has 0 amide bonds. The quantitative estimate of drug-likeness (QED) is 0.578. The molecule has 0 aliphatic rings. The zero-order valence-electron chi connectivity index (χ0n) is 5.41. The molecule has 1 rings (SSSR count). The van der Waals surface area contributed by atoms with Crippen molar-refractivity contribution in [3.8, 4) is 0 Å². The first-order valence-electron chi connectivity index (χ1n) is 2.78. The van der Waals surface area contributed by atoms with Crippen LogP contribution >= 0.6 is 0 Å². The third-order valence-electron chi connectivity index (χ3n) is 0.956. The maximum atomic E-state index is 5.30. The standard InChI is InChI=1S/C7H7N3/c1-2-3-6-4-5-7(8)10-9-6/h3-5H,1H2,(H2,8,10).